The standard InChI is InChI=1S/C17H17N5O2/c1-17(2,3)15-14(19-10-23-15)16-20-13(21-24-16)8-22-9-18-11-6-4-5-7-12(11)22/h4-7,9-10H,8H2,1-3H3. The normalized spacial score (nSPS) is 12.1. The van der Waals surface area contributed by atoms with Crippen molar-refractivity contribution < 1.29 is 8.94 Å². The van der Waals surface area contributed by atoms with Crippen LogP contribution in [0.15, 0.2) is 45.9 Å². The number of imidazole rings is 1. The van der Waals surface area contributed by atoms with E-state index in [1.54, 1.807) is 6.33 Å². The Morgan fingerprint density at radius 3 is 2.79 bits per heavy atom. The smallest absolute Gasteiger partial charge is 0.280 e. The first kappa shape index (κ1) is 14.6. The molecule has 0 N–H and O–H groups in total. The van der Waals surface area contributed by atoms with Crippen molar-refractivity contribution in [3.63, 3.8) is 0 Å². The molecule has 0 atom stereocenters. The number of rotatable bonds is 3. The van der Waals surface area contributed by atoms with Crippen LogP contribution in [-0.2, 0) is 12.0 Å². The fraction of sp³-hybridized carbons (Fsp3) is 0.294. The molecule has 0 bridgehead atoms. The van der Waals surface area contributed by atoms with Gasteiger partial charge in [0.25, 0.3) is 5.89 Å². The molecule has 0 saturated heterocycles. The Morgan fingerprint density at radius 1 is 1.12 bits per heavy atom. The van der Waals surface area contributed by atoms with E-state index in [1.807, 2.05) is 49.6 Å². The van der Waals surface area contributed by atoms with Gasteiger partial charge in [-0.15, -0.1) is 0 Å². The number of hydrogen-bond donors (Lipinski definition) is 0. The molecule has 1 aromatic carbocycles. The first-order chi connectivity index (χ1) is 11.5. The number of hydrogen-bond acceptors (Lipinski definition) is 6. The van der Waals surface area contributed by atoms with Gasteiger partial charge in [-0.3, -0.25) is 0 Å². The molecular formula is C17H17N5O2. The van der Waals surface area contributed by atoms with Gasteiger partial charge in [0.05, 0.1) is 23.9 Å². The Hall–Kier alpha value is -2.96. The van der Waals surface area contributed by atoms with Gasteiger partial charge in [0, 0.05) is 5.41 Å². The Bertz CT molecular complexity index is 990. The predicted molar refractivity (Wildman–Crippen MR) is 87.3 cm³/mol. The van der Waals surface area contributed by atoms with E-state index in [9.17, 15) is 0 Å². The molecule has 0 saturated carbocycles. The van der Waals surface area contributed by atoms with Crippen molar-refractivity contribution in [2.24, 2.45) is 0 Å². The summed E-state index contributed by atoms with van der Waals surface area (Å²) >= 11 is 0. The van der Waals surface area contributed by atoms with E-state index < -0.39 is 0 Å². The third-order valence-corrected chi connectivity index (χ3v) is 3.76. The first-order valence-electron chi connectivity index (χ1n) is 7.69. The lowest BCUT2D eigenvalue weighted by Gasteiger charge is -2.14. The highest BCUT2D eigenvalue weighted by Crippen LogP contribution is 2.31. The average Bonchev–Trinajstić information content (AvgIpc) is 3.25. The van der Waals surface area contributed by atoms with Crippen molar-refractivity contribution in [3.8, 4) is 11.6 Å². The zero-order valence-corrected chi connectivity index (χ0v) is 13.7. The van der Waals surface area contributed by atoms with Crippen LogP contribution in [0.2, 0.25) is 0 Å². The second kappa shape index (κ2) is 5.30. The summed E-state index contributed by atoms with van der Waals surface area (Å²) in [5.41, 5.74) is 2.37. The lowest BCUT2D eigenvalue weighted by molar-refractivity contribution is 0.398. The molecule has 0 radical (unpaired) electrons. The number of nitrogens with zero attached hydrogens (tertiary/aromatic N) is 5. The predicted octanol–water partition coefficient (Wildman–Crippen LogP) is 3.42. The molecule has 4 aromatic rings. The summed E-state index contributed by atoms with van der Waals surface area (Å²) in [6, 6.07) is 7.93. The van der Waals surface area contributed by atoms with E-state index in [-0.39, 0.29) is 5.41 Å². The lowest BCUT2D eigenvalue weighted by atomic mass is 9.92. The monoisotopic (exact) mass is 323 g/mol. The molecule has 0 spiro atoms. The van der Waals surface area contributed by atoms with Crippen LogP contribution in [0.5, 0.6) is 0 Å². The van der Waals surface area contributed by atoms with E-state index >= 15 is 0 Å². The van der Waals surface area contributed by atoms with Crippen molar-refractivity contribution in [2.75, 3.05) is 0 Å². The van der Waals surface area contributed by atoms with Crippen LogP contribution < -0.4 is 0 Å². The Kier molecular flexibility index (Phi) is 3.23. The summed E-state index contributed by atoms with van der Waals surface area (Å²) in [7, 11) is 0. The molecule has 3 heterocycles. The molecule has 0 aliphatic heterocycles. The lowest BCUT2D eigenvalue weighted by Crippen LogP contribution is -2.11. The van der Waals surface area contributed by atoms with Gasteiger partial charge in [-0.2, -0.15) is 4.98 Å². The third-order valence-electron chi connectivity index (χ3n) is 3.76. The van der Waals surface area contributed by atoms with Crippen molar-refractivity contribution >= 4 is 11.0 Å². The van der Waals surface area contributed by atoms with Crippen LogP contribution in [0, 0.1) is 0 Å². The van der Waals surface area contributed by atoms with Crippen LogP contribution in [0.1, 0.15) is 32.4 Å². The maximum Gasteiger partial charge on any atom is 0.280 e. The fourth-order valence-electron chi connectivity index (χ4n) is 2.63. The van der Waals surface area contributed by atoms with E-state index in [0.717, 1.165) is 16.8 Å². The second-order valence-electron chi connectivity index (χ2n) is 6.66. The Morgan fingerprint density at radius 2 is 1.96 bits per heavy atom. The minimum absolute atomic E-state index is 0.193. The molecule has 0 aliphatic carbocycles. The number of benzene rings is 1. The van der Waals surface area contributed by atoms with Gasteiger partial charge in [0.2, 0.25) is 0 Å². The summed E-state index contributed by atoms with van der Waals surface area (Å²) in [6.45, 7) is 6.62. The maximum absolute atomic E-state index is 5.50. The quantitative estimate of drug-likeness (QED) is 0.574. The molecule has 0 aliphatic rings. The maximum atomic E-state index is 5.50. The third kappa shape index (κ3) is 2.47. The van der Waals surface area contributed by atoms with Crippen LogP contribution in [0.25, 0.3) is 22.6 Å². The Balaban J connectivity index is 1.65. The molecule has 0 amide bonds. The van der Waals surface area contributed by atoms with E-state index in [2.05, 4.69) is 20.1 Å². The SMILES string of the molecule is CC(C)(C)c1ocnc1-c1nc(Cn2cnc3ccccc32)no1. The minimum Gasteiger partial charge on any atom is -0.447 e. The van der Waals surface area contributed by atoms with Crippen LogP contribution >= 0.6 is 0 Å². The average molecular weight is 323 g/mol. The minimum atomic E-state index is -0.193. The highest BCUT2D eigenvalue weighted by Gasteiger charge is 2.27. The summed E-state index contributed by atoms with van der Waals surface area (Å²) in [5, 5.41) is 4.06. The van der Waals surface area contributed by atoms with E-state index in [0.29, 0.717) is 24.0 Å². The molecule has 24 heavy (non-hydrogen) atoms. The number of fused-ring (bicyclic) bond motifs is 1. The largest absolute Gasteiger partial charge is 0.447 e. The summed E-state index contributed by atoms with van der Waals surface area (Å²) < 4.78 is 12.9. The van der Waals surface area contributed by atoms with Crippen molar-refractivity contribution in [2.45, 2.75) is 32.7 Å². The molecule has 4 rings (SSSR count). The van der Waals surface area contributed by atoms with Crippen LogP contribution in [0.3, 0.4) is 0 Å². The molecular weight excluding hydrogens is 306 g/mol. The summed E-state index contributed by atoms with van der Waals surface area (Å²) in [5.74, 6) is 1.66. The summed E-state index contributed by atoms with van der Waals surface area (Å²) in [4.78, 5) is 13.1. The van der Waals surface area contributed by atoms with Gasteiger partial charge in [-0.25, -0.2) is 9.97 Å². The highest BCUT2D eigenvalue weighted by molar-refractivity contribution is 5.75. The molecule has 7 nitrogen and oxygen atoms in total. The van der Waals surface area contributed by atoms with Gasteiger partial charge >= 0.3 is 0 Å². The number of aromatic nitrogens is 5. The van der Waals surface area contributed by atoms with E-state index in [4.69, 9.17) is 8.94 Å². The molecule has 7 heteroatoms. The van der Waals surface area contributed by atoms with Crippen LogP contribution in [-0.4, -0.2) is 24.7 Å². The fourth-order valence-corrected chi connectivity index (χ4v) is 2.63. The highest BCUT2D eigenvalue weighted by atomic mass is 16.5. The number of oxazole rings is 1. The zero-order valence-electron chi connectivity index (χ0n) is 13.7. The Labute approximate surface area is 138 Å². The van der Waals surface area contributed by atoms with Crippen molar-refractivity contribution in [3.05, 3.63) is 48.6 Å². The topological polar surface area (TPSA) is 82.8 Å². The van der Waals surface area contributed by atoms with Crippen LogP contribution in [0.4, 0.5) is 0 Å². The van der Waals surface area contributed by atoms with Crippen molar-refractivity contribution in [1.82, 2.24) is 24.7 Å². The second-order valence-corrected chi connectivity index (χ2v) is 6.66. The zero-order chi connectivity index (χ0) is 16.7. The number of para-hydroxylation sites is 2. The molecule has 3 aromatic heterocycles. The van der Waals surface area contributed by atoms with Gasteiger partial charge in [0.15, 0.2) is 17.9 Å². The van der Waals surface area contributed by atoms with E-state index in [1.165, 1.54) is 6.39 Å². The van der Waals surface area contributed by atoms with Gasteiger partial charge in [-0.05, 0) is 12.1 Å². The van der Waals surface area contributed by atoms with Gasteiger partial charge in [0.1, 0.15) is 5.76 Å². The molecule has 122 valence electrons. The summed E-state index contributed by atoms with van der Waals surface area (Å²) in [6.07, 6.45) is 3.18. The van der Waals surface area contributed by atoms with Crippen molar-refractivity contribution in [1.29, 1.82) is 0 Å². The van der Waals surface area contributed by atoms with Gasteiger partial charge < -0.3 is 13.5 Å². The first-order valence-corrected chi connectivity index (χ1v) is 7.69. The molecule has 0 fully saturated rings. The molecule has 0 unspecified atom stereocenters. The van der Waals surface area contributed by atoms with Gasteiger partial charge in [-0.1, -0.05) is 38.1 Å².